The summed E-state index contributed by atoms with van der Waals surface area (Å²) in [5.74, 6) is 1.62. The predicted molar refractivity (Wildman–Crippen MR) is 92.1 cm³/mol. The highest BCUT2D eigenvalue weighted by Crippen LogP contribution is 2.18. The first kappa shape index (κ1) is 17.0. The van der Waals surface area contributed by atoms with Gasteiger partial charge in [-0.15, -0.1) is 24.0 Å². The average molecular weight is 380 g/mol. The summed E-state index contributed by atoms with van der Waals surface area (Å²) in [5, 5.41) is 0. The van der Waals surface area contributed by atoms with Gasteiger partial charge in [-0.3, -0.25) is 9.89 Å². The van der Waals surface area contributed by atoms with Crippen molar-refractivity contribution >= 4 is 29.9 Å². The Morgan fingerprint density at radius 2 is 1.89 bits per heavy atom. The van der Waals surface area contributed by atoms with Gasteiger partial charge in [-0.2, -0.15) is 0 Å². The molecular weight excluding hydrogens is 351 g/mol. The second-order valence-corrected chi connectivity index (χ2v) is 5.79. The molecule has 0 spiro atoms. The molecule has 2 N–H and O–H groups in total. The number of likely N-dealkylation sites (N-methyl/N-ethyl adjacent to an activating group) is 1. The maximum absolute atomic E-state index is 6.12. The SMILES string of the molecule is CCN1CCCC1CN=C(N)N1CCC(C)CC1.I. The predicted octanol–water partition coefficient (Wildman–Crippen LogP) is 2.14. The molecule has 0 aromatic heterocycles. The molecule has 0 radical (unpaired) electrons. The molecule has 0 aliphatic carbocycles. The van der Waals surface area contributed by atoms with Gasteiger partial charge in [0.05, 0.1) is 6.54 Å². The molecule has 5 heteroatoms. The molecular formula is C14H29IN4. The number of halogens is 1. The highest BCUT2D eigenvalue weighted by molar-refractivity contribution is 14.0. The first-order valence-electron chi connectivity index (χ1n) is 7.49. The van der Waals surface area contributed by atoms with E-state index < -0.39 is 0 Å². The van der Waals surface area contributed by atoms with Gasteiger partial charge in [0.1, 0.15) is 0 Å². The number of nitrogens with two attached hydrogens (primary N) is 1. The lowest BCUT2D eigenvalue weighted by molar-refractivity contribution is 0.265. The summed E-state index contributed by atoms with van der Waals surface area (Å²) in [7, 11) is 0. The zero-order chi connectivity index (χ0) is 13.0. The van der Waals surface area contributed by atoms with E-state index in [0.29, 0.717) is 6.04 Å². The van der Waals surface area contributed by atoms with Crippen molar-refractivity contribution in [3.8, 4) is 0 Å². The fourth-order valence-corrected chi connectivity index (χ4v) is 3.05. The molecule has 0 aromatic rings. The van der Waals surface area contributed by atoms with Gasteiger partial charge in [0.15, 0.2) is 5.96 Å². The molecule has 2 fully saturated rings. The van der Waals surface area contributed by atoms with E-state index in [9.17, 15) is 0 Å². The topological polar surface area (TPSA) is 44.9 Å². The van der Waals surface area contributed by atoms with E-state index in [0.717, 1.165) is 38.1 Å². The zero-order valence-corrected chi connectivity index (χ0v) is 14.7. The number of guanidine groups is 1. The summed E-state index contributed by atoms with van der Waals surface area (Å²) >= 11 is 0. The monoisotopic (exact) mass is 380 g/mol. The minimum Gasteiger partial charge on any atom is -0.370 e. The van der Waals surface area contributed by atoms with Crippen molar-refractivity contribution in [2.45, 2.75) is 45.6 Å². The molecule has 112 valence electrons. The Bertz CT molecular complexity index is 287. The van der Waals surface area contributed by atoms with Gasteiger partial charge in [-0.1, -0.05) is 13.8 Å². The highest BCUT2D eigenvalue weighted by Gasteiger charge is 2.23. The number of nitrogens with zero attached hydrogens (tertiary/aromatic N) is 3. The maximum atomic E-state index is 6.12. The first-order valence-corrected chi connectivity index (χ1v) is 7.49. The second-order valence-electron chi connectivity index (χ2n) is 5.79. The van der Waals surface area contributed by atoms with Crippen molar-refractivity contribution in [1.82, 2.24) is 9.80 Å². The van der Waals surface area contributed by atoms with Crippen LogP contribution in [-0.2, 0) is 0 Å². The van der Waals surface area contributed by atoms with E-state index in [1.54, 1.807) is 0 Å². The van der Waals surface area contributed by atoms with E-state index in [2.05, 4.69) is 28.6 Å². The van der Waals surface area contributed by atoms with Crippen LogP contribution in [-0.4, -0.2) is 54.5 Å². The van der Waals surface area contributed by atoms with Crippen LogP contribution in [0.4, 0.5) is 0 Å². The van der Waals surface area contributed by atoms with Crippen LogP contribution < -0.4 is 5.73 Å². The van der Waals surface area contributed by atoms with Crippen LogP contribution in [0.5, 0.6) is 0 Å². The molecule has 2 rings (SSSR count). The first-order chi connectivity index (χ1) is 8.70. The van der Waals surface area contributed by atoms with Crippen LogP contribution in [0.25, 0.3) is 0 Å². The van der Waals surface area contributed by atoms with Crippen LogP contribution in [0.1, 0.15) is 39.5 Å². The van der Waals surface area contributed by atoms with Crippen molar-refractivity contribution in [1.29, 1.82) is 0 Å². The fraction of sp³-hybridized carbons (Fsp3) is 0.929. The summed E-state index contributed by atoms with van der Waals surface area (Å²) in [5.41, 5.74) is 6.12. The lowest BCUT2D eigenvalue weighted by Crippen LogP contribution is -2.43. The number of rotatable bonds is 3. The van der Waals surface area contributed by atoms with Crippen LogP contribution in [0.15, 0.2) is 4.99 Å². The van der Waals surface area contributed by atoms with Gasteiger partial charge >= 0.3 is 0 Å². The van der Waals surface area contributed by atoms with Gasteiger partial charge in [-0.05, 0) is 44.7 Å². The van der Waals surface area contributed by atoms with E-state index in [4.69, 9.17) is 5.73 Å². The largest absolute Gasteiger partial charge is 0.370 e. The lowest BCUT2D eigenvalue weighted by Gasteiger charge is -2.31. The Balaban J connectivity index is 0.00000180. The van der Waals surface area contributed by atoms with Crippen molar-refractivity contribution in [2.75, 3.05) is 32.7 Å². The highest BCUT2D eigenvalue weighted by atomic mass is 127. The van der Waals surface area contributed by atoms with Crippen LogP contribution in [0.2, 0.25) is 0 Å². The molecule has 0 aromatic carbocycles. The third-order valence-electron chi connectivity index (χ3n) is 4.48. The minimum atomic E-state index is 0. The minimum absolute atomic E-state index is 0. The van der Waals surface area contributed by atoms with Crippen LogP contribution in [0, 0.1) is 5.92 Å². The van der Waals surface area contributed by atoms with Crippen molar-refractivity contribution in [3.05, 3.63) is 0 Å². The summed E-state index contributed by atoms with van der Waals surface area (Å²) in [4.78, 5) is 9.41. The molecule has 2 aliphatic rings. The smallest absolute Gasteiger partial charge is 0.191 e. The Morgan fingerprint density at radius 3 is 2.53 bits per heavy atom. The Kier molecular flexibility index (Phi) is 7.42. The summed E-state index contributed by atoms with van der Waals surface area (Å²) in [6.45, 7) is 9.97. The number of likely N-dealkylation sites (tertiary alicyclic amines) is 2. The molecule has 0 bridgehead atoms. The summed E-state index contributed by atoms with van der Waals surface area (Å²) in [6, 6.07) is 0.622. The molecule has 2 aliphatic heterocycles. The average Bonchev–Trinajstić information content (AvgIpc) is 2.84. The zero-order valence-electron chi connectivity index (χ0n) is 12.3. The Hall–Kier alpha value is -0.0400. The Labute approximate surface area is 134 Å². The number of aliphatic imine (C=N–C) groups is 1. The molecule has 0 amide bonds. The van der Waals surface area contributed by atoms with Crippen molar-refractivity contribution in [2.24, 2.45) is 16.6 Å². The van der Waals surface area contributed by atoms with E-state index in [1.165, 1.54) is 32.2 Å². The van der Waals surface area contributed by atoms with Gasteiger partial charge in [-0.25, -0.2) is 0 Å². The van der Waals surface area contributed by atoms with E-state index >= 15 is 0 Å². The third-order valence-corrected chi connectivity index (χ3v) is 4.48. The van der Waals surface area contributed by atoms with E-state index in [1.807, 2.05) is 0 Å². The fourth-order valence-electron chi connectivity index (χ4n) is 3.05. The van der Waals surface area contributed by atoms with Crippen molar-refractivity contribution in [3.63, 3.8) is 0 Å². The van der Waals surface area contributed by atoms with Gasteiger partial charge in [0.25, 0.3) is 0 Å². The van der Waals surface area contributed by atoms with Gasteiger partial charge in [0.2, 0.25) is 0 Å². The molecule has 1 unspecified atom stereocenters. The Morgan fingerprint density at radius 1 is 1.21 bits per heavy atom. The molecule has 1 atom stereocenters. The lowest BCUT2D eigenvalue weighted by atomic mass is 10.00. The quantitative estimate of drug-likeness (QED) is 0.464. The molecule has 2 heterocycles. The molecule has 0 saturated carbocycles. The normalized spacial score (nSPS) is 26.5. The third kappa shape index (κ3) is 4.77. The molecule has 2 saturated heterocycles. The van der Waals surface area contributed by atoms with Gasteiger partial charge < -0.3 is 10.6 Å². The number of hydrogen-bond acceptors (Lipinski definition) is 2. The molecule has 4 nitrogen and oxygen atoms in total. The summed E-state index contributed by atoms with van der Waals surface area (Å²) in [6.07, 6.45) is 5.10. The number of hydrogen-bond donors (Lipinski definition) is 1. The maximum Gasteiger partial charge on any atom is 0.191 e. The van der Waals surface area contributed by atoms with Crippen molar-refractivity contribution < 1.29 is 0 Å². The van der Waals surface area contributed by atoms with Gasteiger partial charge in [0, 0.05) is 19.1 Å². The summed E-state index contributed by atoms with van der Waals surface area (Å²) < 4.78 is 0. The van der Waals surface area contributed by atoms with Crippen LogP contribution in [0.3, 0.4) is 0 Å². The number of piperidine rings is 1. The standard InChI is InChI=1S/C14H28N4.HI/c1-3-17-8-4-5-13(17)11-16-14(15)18-9-6-12(2)7-10-18;/h12-13H,3-11H2,1-2H3,(H2,15,16);1H. The van der Waals surface area contributed by atoms with E-state index in [-0.39, 0.29) is 24.0 Å². The second kappa shape index (κ2) is 8.29. The molecule has 19 heavy (non-hydrogen) atoms. The van der Waals surface area contributed by atoms with Crippen LogP contribution >= 0.6 is 24.0 Å².